The second-order valence-corrected chi connectivity index (χ2v) is 7.68. The molecule has 1 aromatic rings. The number of imide groups is 1. The molecule has 1 atom stereocenters. The summed E-state index contributed by atoms with van der Waals surface area (Å²) < 4.78 is 5.55. The van der Waals surface area contributed by atoms with E-state index in [0.717, 1.165) is 44.7 Å². The van der Waals surface area contributed by atoms with Crippen molar-refractivity contribution in [2.45, 2.75) is 43.7 Å². The molecule has 0 aromatic heterocycles. The first-order chi connectivity index (χ1) is 13.6. The van der Waals surface area contributed by atoms with E-state index in [4.69, 9.17) is 4.74 Å². The molecule has 1 saturated heterocycles. The van der Waals surface area contributed by atoms with E-state index in [9.17, 15) is 9.59 Å². The summed E-state index contributed by atoms with van der Waals surface area (Å²) >= 11 is 0. The molecule has 1 aromatic carbocycles. The van der Waals surface area contributed by atoms with E-state index in [1.807, 2.05) is 30.3 Å². The summed E-state index contributed by atoms with van der Waals surface area (Å²) in [6.45, 7) is 4.11. The zero-order valence-electron chi connectivity index (χ0n) is 16.7. The standard InChI is InChI=1S/C21H32N4O3/c1-22-20(27)24-19(26)18(17-8-4-2-5-9-17)23-16-21(10-6-3-7-11-21)25-12-14-28-15-13-25/h2,4-5,8-9,18,23H,3,6-7,10-16H2,1H3,(H2,22,24,26,27)/t18-/m0/s1. The maximum absolute atomic E-state index is 12.8. The lowest BCUT2D eigenvalue weighted by Crippen LogP contribution is -2.60. The Hall–Kier alpha value is -1.96. The molecule has 0 bridgehead atoms. The Kier molecular flexibility index (Phi) is 7.42. The molecule has 0 spiro atoms. The first-order valence-electron chi connectivity index (χ1n) is 10.3. The van der Waals surface area contributed by atoms with Gasteiger partial charge < -0.3 is 15.4 Å². The van der Waals surface area contributed by atoms with Gasteiger partial charge in [-0.2, -0.15) is 0 Å². The summed E-state index contributed by atoms with van der Waals surface area (Å²) in [6, 6.07) is 8.53. The summed E-state index contributed by atoms with van der Waals surface area (Å²) in [7, 11) is 1.50. The molecule has 7 nitrogen and oxygen atoms in total. The van der Waals surface area contributed by atoms with Gasteiger partial charge in [0.25, 0.3) is 0 Å². The normalized spacial score (nSPS) is 20.9. The summed E-state index contributed by atoms with van der Waals surface area (Å²) in [5.74, 6) is -0.335. The minimum absolute atomic E-state index is 0.0440. The van der Waals surface area contributed by atoms with E-state index < -0.39 is 12.1 Å². The van der Waals surface area contributed by atoms with Gasteiger partial charge in [0.15, 0.2) is 0 Å². The van der Waals surface area contributed by atoms with Gasteiger partial charge in [-0.25, -0.2) is 4.79 Å². The summed E-state index contributed by atoms with van der Waals surface area (Å²) in [5, 5.41) is 8.37. The van der Waals surface area contributed by atoms with Crippen LogP contribution in [0.3, 0.4) is 0 Å². The van der Waals surface area contributed by atoms with Gasteiger partial charge in [-0.3, -0.25) is 15.0 Å². The average Bonchev–Trinajstić information content (AvgIpc) is 2.76. The first-order valence-corrected chi connectivity index (χ1v) is 10.3. The van der Waals surface area contributed by atoms with Crippen molar-refractivity contribution < 1.29 is 14.3 Å². The largest absolute Gasteiger partial charge is 0.379 e. The highest BCUT2D eigenvalue weighted by Crippen LogP contribution is 2.34. The molecule has 2 fully saturated rings. The lowest BCUT2D eigenvalue weighted by molar-refractivity contribution is -0.122. The van der Waals surface area contributed by atoms with Crippen LogP contribution in [0.5, 0.6) is 0 Å². The molecular weight excluding hydrogens is 356 g/mol. The molecule has 154 valence electrons. The Morgan fingerprint density at radius 1 is 1.11 bits per heavy atom. The number of urea groups is 1. The number of rotatable bonds is 6. The molecule has 3 rings (SSSR count). The molecule has 2 aliphatic rings. The zero-order chi connectivity index (χ0) is 19.8. The van der Waals surface area contributed by atoms with E-state index in [0.29, 0.717) is 6.54 Å². The number of carbonyl (C=O) groups is 2. The van der Waals surface area contributed by atoms with Crippen molar-refractivity contribution in [1.29, 1.82) is 0 Å². The number of carbonyl (C=O) groups excluding carboxylic acids is 2. The number of morpholine rings is 1. The van der Waals surface area contributed by atoms with Gasteiger partial charge in [0, 0.05) is 32.2 Å². The molecule has 1 heterocycles. The Morgan fingerprint density at radius 3 is 2.43 bits per heavy atom. The van der Waals surface area contributed by atoms with Crippen molar-refractivity contribution >= 4 is 11.9 Å². The Labute approximate surface area is 167 Å². The van der Waals surface area contributed by atoms with Crippen LogP contribution in [0.1, 0.15) is 43.7 Å². The second-order valence-electron chi connectivity index (χ2n) is 7.68. The highest BCUT2D eigenvalue weighted by molar-refractivity contribution is 5.97. The topological polar surface area (TPSA) is 82.7 Å². The third kappa shape index (κ3) is 5.10. The van der Waals surface area contributed by atoms with Crippen LogP contribution < -0.4 is 16.0 Å². The Bertz CT molecular complexity index is 640. The second kappa shape index (κ2) is 10.0. The third-order valence-electron chi connectivity index (χ3n) is 5.96. The zero-order valence-corrected chi connectivity index (χ0v) is 16.7. The predicted molar refractivity (Wildman–Crippen MR) is 108 cm³/mol. The van der Waals surface area contributed by atoms with E-state index in [1.165, 1.54) is 26.3 Å². The SMILES string of the molecule is CNC(=O)NC(=O)[C@@H](NCC1(N2CCOCC2)CCCCC1)c1ccccc1. The van der Waals surface area contributed by atoms with Gasteiger partial charge in [-0.05, 0) is 18.4 Å². The molecule has 1 saturated carbocycles. The van der Waals surface area contributed by atoms with Crippen LogP contribution in [-0.4, -0.2) is 62.3 Å². The fourth-order valence-corrected chi connectivity index (χ4v) is 4.40. The van der Waals surface area contributed by atoms with E-state index >= 15 is 0 Å². The molecule has 0 radical (unpaired) electrons. The quantitative estimate of drug-likeness (QED) is 0.692. The van der Waals surface area contributed by atoms with Gasteiger partial charge in [-0.15, -0.1) is 0 Å². The van der Waals surface area contributed by atoms with Crippen LogP contribution in [0.25, 0.3) is 0 Å². The van der Waals surface area contributed by atoms with Crippen LogP contribution in [0.4, 0.5) is 4.79 Å². The number of hydrogen-bond donors (Lipinski definition) is 3. The van der Waals surface area contributed by atoms with Gasteiger partial charge in [0.2, 0.25) is 5.91 Å². The van der Waals surface area contributed by atoms with Crippen molar-refractivity contribution in [1.82, 2.24) is 20.9 Å². The predicted octanol–water partition coefficient (Wildman–Crippen LogP) is 1.81. The van der Waals surface area contributed by atoms with Crippen molar-refractivity contribution in [2.24, 2.45) is 0 Å². The first kappa shape index (κ1) is 20.8. The highest BCUT2D eigenvalue weighted by atomic mass is 16.5. The lowest BCUT2D eigenvalue weighted by atomic mass is 9.79. The number of hydrogen-bond acceptors (Lipinski definition) is 5. The van der Waals surface area contributed by atoms with Gasteiger partial charge in [-0.1, -0.05) is 49.6 Å². The van der Waals surface area contributed by atoms with Crippen molar-refractivity contribution in [2.75, 3.05) is 39.9 Å². The number of nitrogens with one attached hydrogen (secondary N) is 3. The Balaban J connectivity index is 1.76. The smallest absolute Gasteiger partial charge is 0.321 e. The molecule has 3 amide bonds. The average molecular weight is 389 g/mol. The summed E-state index contributed by atoms with van der Waals surface area (Å²) in [5.41, 5.74) is 0.902. The Morgan fingerprint density at radius 2 is 1.79 bits per heavy atom. The van der Waals surface area contributed by atoms with Crippen LogP contribution >= 0.6 is 0 Å². The van der Waals surface area contributed by atoms with E-state index in [1.54, 1.807) is 0 Å². The fourth-order valence-electron chi connectivity index (χ4n) is 4.40. The molecule has 1 aliphatic carbocycles. The molecule has 3 N–H and O–H groups in total. The van der Waals surface area contributed by atoms with Crippen molar-refractivity contribution in [3.05, 3.63) is 35.9 Å². The number of nitrogens with zero attached hydrogens (tertiary/aromatic N) is 1. The summed E-state index contributed by atoms with van der Waals surface area (Å²) in [4.78, 5) is 27.0. The summed E-state index contributed by atoms with van der Waals surface area (Å²) in [6.07, 6.45) is 5.93. The van der Waals surface area contributed by atoms with Crippen molar-refractivity contribution in [3.8, 4) is 0 Å². The maximum Gasteiger partial charge on any atom is 0.321 e. The molecule has 0 unspecified atom stereocenters. The molecular formula is C21H32N4O3. The monoisotopic (exact) mass is 388 g/mol. The number of benzene rings is 1. The van der Waals surface area contributed by atoms with Crippen LogP contribution in [0.2, 0.25) is 0 Å². The van der Waals surface area contributed by atoms with Crippen LogP contribution in [0.15, 0.2) is 30.3 Å². The minimum atomic E-state index is -0.571. The van der Waals surface area contributed by atoms with Crippen LogP contribution in [0, 0.1) is 0 Å². The number of amides is 3. The minimum Gasteiger partial charge on any atom is -0.379 e. The molecule has 28 heavy (non-hydrogen) atoms. The van der Waals surface area contributed by atoms with Gasteiger partial charge in [0.05, 0.1) is 13.2 Å². The lowest BCUT2D eigenvalue weighted by Gasteiger charge is -2.48. The van der Waals surface area contributed by atoms with E-state index in [2.05, 4.69) is 20.9 Å². The number of ether oxygens (including phenoxy) is 1. The van der Waals surface area contributed by atoms with E-state index in [-0.39, 0.29) is 11.4 Å². The third-order valence-corrected chi connectivity index (χ3v) is 5.96. The molecule has 1 aliphatic heterocycles. The maximum atomic E-state index is 12.8. The highest BCUT2D eigenvalue weighted by Gasteiger charge is 2.39. The van der Waals surface area contributed by atoms with Crippen molar-refractivity contribution in [3.63, 3.8) is 0 Å². The van der Waals surface area contributed by atoms with Gasteiger partial charge >= 0.3 is 6.03 Å². The fraction of sp³-hybridized carbons (Fsp3) is 0.619. The molecule has 7 heteroatoms. The van der Waals surface area contributed by atoms with Gasteiger partial charge in [0.1, 0.15) is 6.04 Å². The van der Waals surface area contributed by atoms with Crippen LogP contribution in [-0.2, 0) is 9.53 Å².